The van der Waals surface area contributed by atoms with Crippen molar-refractivity contribution < 1.29 is 14.1 Å². The molecular weight excluding hydrogens is 414 g/mol. The Morgan fingerprint density at radius 1 is 1.16 bits per heavy atom. The maximum atomic E-state index is 6.82. The Bertz CT molecular complexity index is 947. The van der Waals surface area contributed by atoms with Crippen LogP contribution in [0.1, 0.15) is 58.4 Å². The van der Waals surface area contributed by atoms with Crippen LogP contribution in [-0.2, 0) is 6.54 Å². The van der Waals surface area contributed by atoms with E-state index in [-0.39, 0.29) is 29.0 Å². The second kappa shape index (κ2) is 9.51. The summed E-state index contributed by atoms with van der Waals surface area (Å²) >= 11 is 0. The zero-order valence-electron chi connectivity index (χ0n) is 18.8. The van der Waals surface area contributed by atoms with E-state index in [0.29, 0.717) is 6.54 Å². The molecule has 168 valence electrons. The zero-order chi connectivity index (χ0) is 21.3. The normalized spacial score (nSPS) is 22.9. The molecule has 0 aromatic heterocycles. The van der Waals surface area contributed by atoms with Crippen LogP contribution >= 0.6 is 12.4 Å². The smallest absolute Gasteiger partial charge is 0.283 e. The van der Waals surface area contributed by atoms with Gasteiger partial charge in [-0.15, -0.1) is 12.4 Å². The highest BCUT2D eigenvalue weighted by atomic mass is 35.5. The van der Waals surface area contributed by atoms with Gasteiger partial charge in [0.2, 0.25) is 6.34 Å². The maximum Gasteiger partial charge on any atom is 0.283 e. The molecule has 1 aliphatic carbocycles. The number of ether oxygens (including phenoxy) is 2. The standard InChI is InChI=1S/C23H32N5O2.ClH/c1-5-18-21-23(27-22(26-21)15(2)3)28(24,14-25-18)13-16-10-11-19(29-4)20(12-16)30-17-8-6-7-9-17;/h10-12,14-15,17H,5-9,13,24H2,1-4H3;1H/q+1;. The third kappa shape index (κ3) is 4.68. The van der Waals surface area contributed by atoms with Gasteiger partial charge in [0, 0.05) is 11.5 Å². The average molecular weight is 447 g/mol. The van der Waals surface area contributed by atoms with Gasteiger partial charge in [-0.3, -0.25) is 0 Å². The van der Waals surface area contributed by atoms with Gasteiger partial charge in [0.15, 0.2) is 17.2 Å². The number of nitrogens with two attached hydrogens (primary N) is 1. The van der Waals surface area contributed by atoms with Crippen molar-refractivity contribution in [1.29, 1.82) is 0 Å². The largest absolute Gasteiger partial charge is 0.493 e. The third-order valence-electron chi connectivity index (χ3n) is 5.87. The molecule has 0 spiro atoms. The van der Waals surface area contributed by atoms with Crippen LogP contribution in [0.4, 0.5) is 0 Å². The van der Waals surface area contributed by atoms with Crippen molar-refractivity contribution in [2.24, 2.45) is 26.7 Å². The minimum absolute atomic E-state index is 0. The highest BCUT2D eigenvalue weighted by molar-refractivity contribution is 6.12. The molecule has 7 nitrogen and oxygen atoms in total. The number of hydrogen-bond acceptors (Lipinski definition) is 6. The number of halogens is 1. The molecule has 2 aliphatic heterocycles. The SMILES string of the molecule is CCC1=C2N=C(C(C)C)N=C2[N+](N)(Cc2ccc(OC)c(OC3CCCC3)c2)C=N1.Cl. The number of aliphatic imine (C=N–C) groups is 3. The number of methoxy groups -OCH3 is 1. The van der Waals surface area contributed by atoms with E-state index in [1.807, 2.05) is 18.2 Å². The fourth-order valence-corrected chi connectivity index (χ4v) is 4.16. The first-order valence-electron chi connectivity index (χ1n) is 10.9. The van der Waals surface area contributed by atoms with Gasteiger partial charge in [-0.1, -0.05) is 20.8 Å². The zero-order valence-corrected chi connectivity index (χ0v) is 19.6. The Balaban J connectivity index is 0.00000272. The van der Waals surface area contributed by atoms with Crippen molar-refractivity contribution in [3.63, 3.8) is 0 Å². The summed E-state index contributed by atoms with van der Waals surface area (Å²) in [6, 6.07) is 6.02. The van der Waals surface area contributed by atoms with E-state index in [0.717, 1.165) is 59.4 Å². The van der Waals surface area contributed by atoms with E-state index >= 15 is 0 Å². The summed E-state index contributed by atoms with van der Waals surface area (Å²) in [6.45, 7) is 6.77. The molecule has 0 bridgehead atoms. The number of rotatable bonds is 7. The van der Waals surface area contributed by atoms with Gasteiger partial charge >= 0.3 is 0 Å². The van der Waals surface area contributed by atoms with E-state index < -0.39 is 0 Å². The number of allylic oxidation sites excluding steroid dienone is 1. The van der Waals surface area contributed by atoms with Gasteiger partial charge in [0.1, 0.15) is 12.4 Å². The van der Waals surface area contributed by atoms with Crippen LogP contribution in [0, 0.1) is 5.92 Å². The molecule has 1 saturated carbocycles. The molecule has 2 N–H and O–H groups in total. The minimum atomic E-state index is -0.00620. The minimum Gasteiger partial charge on any atom is -0.493 e. The summed E-state index contributed by atoms with van der Waals surface area (Å²) in [4.78, 5) is 14.2. The van der Waals surface area contributed by atoms with Gasteiger partial charge < -0.3 is 9.47 Å². The van der Waals surface area contributed by atoms with Gasteiger partial charge in [0.05, 0.1) is 18.9 Å². The summed E-state index contributed by atoms with van der Waals surface area (Å²) in [5.74, 6) is 10.1. The van der Waals surface area contributed by atoms with Crippen LogP contribution in [0.5, 0.6) is 11.5 Å². The highest BCUT2D eigenvalue weighted by Gasteiger charge is 2.41. The Labute approximate surface area is 190 Å². The molecule has 3 aliphatic rings. The monoisotopic (exact) mass is 446 g/mol. The summed E-state index contributed by atoms with van der Waals surface area (Å²) in [5, 5.41) is 0. The number of nitrogens with zero attached hydrogens (tertiary/aromatic N) is 4. The molecule has 0 amide bonds. The van der Waals surface area contributed by atoms with Gasteiger partial charge in [-0.2, -0.15) is 15.4 Å². The summed E-state index contributed by atoms with van der Waals surface area (Å²) in [7, 11) is 1.67. The molecular formula is C23H33ClN5O2+. The predicted molar refractivity (Wildman–Crippen MR) is 127 cm³/mol. The topological polar surface area (TPSA) is 81.6 Å². The molecule has 8 heteroatoms. The van der Waals surface area contributed by atoms with Crippen molar-refractivity contribution in [2.75, 3.05) is 7.11 Å². The lowest BCUT2D eigenvalue weighted by Gasteiger charge is -2.29. The van der Waals surface area contributed by atoms with E-state index in [1.165, 1.54) is 12.8 Å². The van der Waals surface area contributed by atoms with Crippen molar-refractivity contribution >= 4 is 30.4 Å². The lowest BCUT2D eigenvalue weighted by Crippen LogP contribution is -2.58. The van der Waals surface area contributed by atoms with Crippen LogP contribution < -0.4 is 15.3 Å². The molecule has 1 fully saturated rings. The molecule has 1 aromatic rings. The fourth-order valence-electron chi connectivity index (χ4n) is 4.16. The Hall–Kier alpha value is -2.22. The number of hydrogen-bond donors (Lipinski definition) is 1. The molecule has 0 radical (unpaired) electrons. The van der Waals surface area contributed by atoms with Crippen LogP contribution in [0.25, 0.3) is 0 Å². The number of amidine groups is 2. The van der Waals surface area contributed by atoms with Crippen LogP contribution in [-0.4, -0.2) is 35.8 Å². The van der Waals surface area contributed by atoms with Crippen molar-refractivity contribution in [1.82, 2.24) is 0 Å². The highest BCUT2D eigenvalue weighted by Crippen LogP contribution is 2.34. The molecule has 1 aromatic carbocycles. The van der Waals surface area contributed by atoms with E-state index in [4.69, 9.17) is 25.3 Å². The summed E-state index contributed by atoms with van der Waals surface area (Å²) < 4.78 is 11.8. The molecule has 31 heavy (non-hydrogen) atoms. The molecule has 1 unspecified atom stereocenters. The first kappa shape index (κ1) is 23.4. The van der Waals surface area contributed by atoms with Gasteiger partial charge in [-0.05, 0) is 50.3 Å². The second-order valence-corrected chi connectivity index (χ2v) is 8.55. The fraction of sp³-hybridized carbons (Fsp3) is 0.522. The first-order chi connectivity index (χ1) is 14.4. The Morgan fingerprint density at radius 2 is 1.90 bits per heavy atom. The van der Waals surface area contributed by atoms with Crippen LogP contribution in [0.2, 0.25) is 0 Å². The predicted octanol–water partition coefficient (Wildman–Crippen LogP) is 4.76. The Kier molecular flexibility index (Phi) is 7.19. The quantitative estimate of drug-likeness (QED) is 0.484. The number of quaternary nitrogens is 1. The number of benzene rings is 1. The second-order valence-electron chi connectivity index (χ2n) is 8.55. The van der Waals surface area contributed by atoms with E-state index in [2.05, 4.69) is 25.8 Å². The van der Waals surface area contributed by atoms with Crippen molar-refractivity contribution in [3.05, 3.63) is 35.2 Å². The first-order valence-corrected chi connectivity index (χ1v) is 10.9. The lowest BCUT2D eigenvalue weighted by molar-refractivity contribution is -0.768. The van der Waals surface area contributed by atoms with Gasteiger partial charge in [0.25, 0.3) is 5.84 Å². The Morgan fingerprint density at radius 3 is 2.55 bits per heavy atom. The summed E-state index contributed by atoms with van der Waals surface area (Å²) in [6.07, 6.45) is 7.46. The maximum absolute atomic E-state index is 6.82. The number of fused-ring (bicyclic) bond motifs is 1. The van der Waals surface area contributed by atoms with Crippen LogP contribution in [0.3, 0.4) is 0 Å². The van der Waals surface area contributed by atoms with Gasteiger partial charge in [-0.25, -0.2) is 9.98 Å². The van der Waals surface area contributed by atoms with Crippen molar-refractivity contribution in [2.45, 2.75) is 65.5 Å². The molecule has 4 rings (SSSR count). The molecule has 0 saturated heterocycles. The summed E-state index contributed by atoms with van der Waals surface area (Å²) in [5.41, 5.74) is 2.79. The third-order valence-corrected chi connectivity index (χ3v) is 5.87. The molecule has 1 atom stereocenters. The lowest BCUT2D eigenvalue weighted by atomic mass is 10.1. The van der Waals surface area contributed by atoms with E-state index in [9.17, 15) is 0 Å². The van der Waals surface area contributed by atoms with Crippen LogP contribution in [0.15, 0.2) is 44.6 Å². The van der Waals surface area contributed by atoms with Crippen molar-refractivity contribution in [3.8, 4) is 11.5 Å². The van der Waals surface area contributed by atoms with E-state index in [1.54, 1.807) is 13.4 Å². The molecule has 2 heterocycles. The average Bonchev–Trinajstić information content (AvgIpc) is 3.39.